The molecule has 6 heteroatoms. The van der Waals surface area contributed by atoms with Gasteiger partial charge in [-0.15, -0.1) is 0 Å². The number of carbonyl (C=O) groups is 2. The van der Waals surface area contributed by atoms with E-state index in [-0.39, 0.29) is 0 Å². The molecule has 3 amide bonds. The number of imide groups is 1. The van der Waals surface area contributed by atoms with Crippen LogP contribution in [0.4, 0.5) is 10.5 Å². The van der Waals surface area contributed by atoms with Crippen LogP contribution >= 0.6 is 0 Å². The molecule has 24 heavy (non-hydrogen) atoms. The second kappa shape index (κ2) is 4.79. The average molecular weight is 321 g/mol. The van der Waals surface area contributed by atoms with Gasteiger partial charge in [0.05, 0.1) is 22.9 Å². The number of amides is 3. The number of hydrogen-bond donors (Lipinski definition) is 1. The van der Waals surface area contributed by atoms with Crippen molar-refractivity contribution in [3.8, 4) is 6.07 Å². The molecule has 120 valence electrons. The fourth-order valence-corrected chi connectivity index (χ4v) is 3.70. The van der Waals surface area contributed by atoms with Crippen molar-refractivity contribution in [2.75, 3.05) is 11.4 Å². The van der Waals surface area contributed by atoms with Crippen LogP contribution < -0.4 is 4.90 Å². The van der Waals surface area contributed by atoms with Gasteiger partial charge in [0.25, 0.3) is 5.91 Å². The Balaban J connectivity index is 1.89. The number of hydrogen-bond acceptors (Lipinski definition) is 4. The van der Waals surface area contributed by atoms with Crippen molar-refractivity contribution in [3.63, 3.8) is 0 Å². The zero-order chi connectivity index (χ0) is 17.1. The van der Waals surface area contributed by atoms with Crippen molar-refractivity contribution in [1.29, 1.82) is 5.26 Å². The van der Waals surface area contributed by atoms with Crippen molar-refractivity contribution in [2.24, 2.45) is 0 Å². The molecule has 2 heterocycles. The maximum Gasteiger partial charge on any atom is 0.332 e. The van der Waals surface area contributed by atoms with Crippen molar-refractivity contribution in [1.82, 2.24) is 4.90 Å². The first-order chi connectivity index (χ1) is 11.5. The number of nitrogens with zero attached hydrogens (tertiary/aromatic N) is 3. The third-order valence-corrected chi connectivity index (χ3v) is 4.91. The number of aliphatic hydroxyl groups is 1. The van der Waals surface area contributed by atoms with Gasteiger partial charge in [-0.05, 0) is 25.5 Å². The predicted octanol–water partition coefficient (Wildman–Crippen LogP) is 2.00. The second-order valence-corrected chi connectivity index (χ2v) is 6.45. The molecule has 0 bridgehead atoms. The van der Waals surface area contributed by atoms with Crippen LogP contribution in [0.25, 0.3) is 10.8 Å². The molecule has 2 aliphatic heterocycles. The highest BCUT2D eigenvalue weighted by Crippen LogP contribution is 2.39. The molecule has 0 spiro atoms. The first-order valence-electron chi connectivity index (χ1n) is 7.74. The van der Waals surface area contributed by atoms with Crippen LogP contribution in [-0.4, -0.2) is 40.1 Å². The van der Waals surface area contributed by atoms with Crippen molar-refractivity contribution in [2.45, 2.75) is 25.0 Å². The minimum Gasteiger partial charge on any atom is -0.387 e. The molecule has 2 fully saturated rings. The fraction of sp³-hybridized carbons (Fsp3) is 0.278. The third-order valence-electron chi connectivity index (χ3n) is 4.91. The highest BCUT2D eigenvalue weighted by molar-refractivity contribution is 6.25. The molecule has 6 nitrogen and oxygen atoms in total. The number of urea groups is 1. The summed E-state index contributed by atoms with van der Waals surface area (Å²) in [6, 6.07) is 11.3. The Hall–Kier alpha value is -2.91. The summed E-state index contributed by atoms with van der Waals surface area (Å²) in [6.07, 6.45) is 0.386. The standard InChI is InChI=1S/C18H15N3O3/c1-18(24)8-9-20-15(18)16(22)21(17(20)23)14-7-6-11(10-19)12-4-2-3-5-13(12)14/h2-7,15,24H,8-9H2,1H3. The lowest BCUT2D eigenvalue weighted by molar-refractivity contribution is -0.124. The largest absolute Gasteiger partial charge is 0.387 e. The Morgan fingerprint density at radius 3 is 2.58 bits per heavy atom. The highest BCUT2D eigenvalue weighted by Gasteiger charge is 2.57. The average Bonchev–Trinajstić information content (AvgIpc) is 3.02. The van der Waals surface area contributed by atoms with E-state index < -0.39 is 23.6 Å². The monoisotopic (exact) mass is 321 g/mol. The number of benzene rings is 2. The van der Waals surface area contributed by atoms with Gasteiger partial charge in [0.2, 0.25) is 0 Å². The summed E-state index contributed by atoms with van der Waals surface area (Å²) in [5, 5.41) is 21.0. The van der Waals surface area contributed by atoms with E-state index >= 15 is 0 Å². The van der Waals surface area contributed by atoms with Gasteiger partial charge in [-0.25, -0.2) is 9.69 Å². The summed E-state index contributed by atoms with van der Waals surface area (Å²) in [5.74, 6) is -0.419. The minimum atomic E-state index is -1.22. The maximum atomic E-state index is 12.9. The minimum absolute atomic E-state index is 0.354. The van der Waals surface area contributed by atoms with Crippen LogP contribution in [0.5, 0.6) is 0 Å². The van der Waals surface area contributed by atoms with E-state index in [0.29, 0.717) is 35.0 Å². The topological polar surface area (TPSA) is 84.6 Å². The lowest BCUT2D eigenvalue weighted by Gasteiger charge is -2.22. The SMILES string of the molecule is CC1(O)CCN2C(=O)N(c3ccc(C#N)c4ccccc34)C(=O)C21. The first-order valence-corrected chi connectivity index (χ1v) is 7.74. The molecule has 2 aliphatic rings. The first kappa shape index (κ1) is 14.7. The van der Waals surface area contributed by atoms with Gasteiger partial charge in [-0.3, -0.25) is 4.79 Å². The van der Waals surface area contributed by atoms with E-state index in [1.807, 2.05) is 6.07 Å². The summed E-state index contributed by atoms with van der Waals surface area (Å²) in [5.41, 5.74) is -0.282. The second-order valence-electron chi connectivity index (χ2n) is 6.45. The maximum absolute atomic E-state index is 12.9. The molecule has 0 saturated carbocycles. The summed E-state index contributed by atoms with van der Waals surface area (Å²) in [4.78, 5) is 28.1. The summed E-state index contributed by atoms with van der Waals surface area (Å²) < 4.78 is 0. The molecule has 4 rings (SSSR count). The van der Waals surface area contributed by atoms with E-state index in [2.05, 4.69) is 6.07 Å². The zero-order valence-electron chi connectivity index (χ0n) is 13.1. The van der Waals surface area contributed by atoms with Crippen LogP contribution in [0.2, 0.25) is 0 Å². The molecule has 2 aromatic carbocycles. The van der Waals surface area contributed by atoms with Crippen LogP contribution in [-0.2, 0) is 4.79 Å². The summed E-state index contributed by atoms with van der Waals surface area (Å²) in [7, 11) is 0. The van der Waals surface area contributed by atoms with Crippen molar-refractivity contribution < 1.29 is 14.7 Å². The molecule has 2 unspecified atom stereocenters. The number of nitriles is 1. The Morgan fingerprint density at radius 2 is 1.92 bits per heavy atom. The summed E-state index contributed by atoms with van der Waals surface area (Å²) in [6.45, 7) is 1.94. The molecular weight excluding hydrogens is 306 g/mol. The smallest absolute Gasteiger partial charge is 0.332 e. The zero-order valence-corrected chi connectivity index (χ0v) is 13.1. The Kier molecular flexibility index (Phi) is 2.93. The van der Waals surface area contributed by atoms with Gasteiger partial charge in [-0.1, -0.05) is 24.3 Å². The molecule has 2 atom stereocenters. The number of anilines is 1. The van der Waals surface area contributed by atoms with Gasteiger partial charge >= 0.3 is 6.03 Å². The van der Waals surface area contributed by atoms with Gasteiger partial charge in [0.15, 0.2) is 0 Å². The third kappa shape index (κ3) is 1.79. The highest BCUT2D eigenvalue weighted by atomic mass is 16.3. The Bertz CT molecular complexity index is 929. The number of rotatable bonds is 1. The molecule has 0 aliphatic carbocycles. The predicted molar refractivity (Wildman–Crippen MR) is 87.3 cm³/mol. The van der Waals surface area contributed by atoms with Crippen LogP contribution in [0.3, 0.4) is 0 Å². The van der Waals surface area contributed by atoms with Gasteiger partial charge < -0.3 is 10.0 Å². The van der Waals surface area contributed by atoms with Crippen molar-refractivity contribution in [3.05, 3.63) is 42.0 Å². The van der Waals surface area contributed by atoms with Crippen LogP contribution in [0.15, 0.2) is 36.4 Å². The fourth-order valence-electron chi connectivity index (χ4n) is 3.70. The van der Waals surface area contributed by atoms with Gasteiger partial charge in [-0.2, -0.15) is 5.26 Å². The number of fused-ring (bicyclic) bond motifs is 2. The molecule has 0 radical (unpaired) electrons. The Labute approximate surface area is 138 Å². The van der Waals surface area contributed by atoms with Crippen LogP contribution in [0, 0.1) is 11.3 Å². The summed E-state index contributed by atoms with van der Waals surface area (Å²) >= 11 is 0. The van der Waals surface area contributed by atoms with Crippen LogP contribution in [0.1, 0.15) is 18.9 Å². The normalized spacial score (nSPS) is 26.1. The van der Waals surface area contributed by atoms with E-state index in [1.54, 1.807) is 37.3 Å². The van der Waals surface area contributed by atoms with E-state index in [0.717, 1.165) is 4.90 Å². The van der Waals surface area contributed by atoms with Gasteiger partial charge in [0.1, 0.15) is 6.04 Å². The quantitative estimate of drug-likeness (QED) is 0.814. The van der Waals surface area contributed by atoms with E-state index in [1.165, 1.54) is 4.90 Å². The molecule has 0 aromatic heterocycles. The molecular formula is C18H15N3O3. The molecule has 1 N–H and O–H groups in total. The number of carbonyl (C=O) groups excluding carboxylic acids is 2. The van der Waals surface area contributed by atoms with Crippen molar-refractivity contribution >= 4 is 28.4 Å². The van der Waals surface area contributed by atoms with E-state index in [4.69, 9.17) is 0 Å². The molecule has 2 saturated heterocycles. The van der Waals surface area contributed by atoms with Gasteiger partial charge in [0, 0.05) is 17.3 Å². The molecule has 2 aromatic rings. The lowest BCUT2D eigenvalue weighted by Crippen LogP contribution is -2.44. The van der Waals surface area contributed by atoms with E-state index in [9.17, 15) is 20.0 Å². The Morgan fingerprint density at radius 1 is 1.21 bits per heavy atom. The lowest BCUT2D eigenvalue weighted by atomic mass is 9.96.